The molecule has 6 nitrogen and oxygen atoms in total. The molecule has 1 fully saturated rings. The Bertz CT molecular complexity index is 760. The smallest absolute Gasteiger partial charge is 0.222 e. The SMILES string of the molecule is NC(=NCc1cccc(CN2CCCC2=O)c1)NCCc1ccccn1. The lowest BCUT2D eigenvalue weighted by Crippen LogP contribution is -2.33. The third-order valence-corrected chi connectivity index (χ3v) is 4.38. The summed E-state index contributed by atoms with van der Waals surface area (Å²) in [6.07, 6.45) is 4.22. The largest absolute Gasteiger partial charge is 0.370 e. The average Bonchev–Trinajstić information content (AvgIpc) is 3.06. The minimum atomic E-state index is 0.245. The van der Waals surface area contributed by atoms with E-state index in [4.69, 9.17) is 5.73 Å². The predicted molar refractivity (Wildman–Crippen MR) is 102 cm³/mol. The van der Waals surface area contributed by atoms with Crippen molar-refractivity contribution in [1.29, 1.82) is 0 Å². The Morgan fingerprint density at radius 3 is 2.88 bits per heavy atom. The van der Waals surface area contributed by atoms with Crippen LogP contribution in [0.5, 0.6) is 0 Å². The van der Waals surface area contributed by atoms with Crippen LogP contribution in [0.2, 0.25) is 0 Å². The molecule has 26 heavy (non-hydrogen) atoms. The molecule has 1 aromatic carbocycles. The van der Waals surface area contributed by atoms with Gasteiger partial charge >= 0.3 is 0 Å². The molecule has 1 aromatic heterocycles. The number of rotatable bonds is 7. The molecule has 0 aliphatic carbocycles. The van der Waals surface area contributed by atoms with E-state index in [1.54, 1.807) is 6.20 Å². The number of hydrogen-bond acceptors (Lipinski definition) is 3. The molecular formula is C20H25N5O. The maximum absolute atomic E-state index is 11.8. The van der Waals surface area contributed by atoms with Crippen LogP contribution in [-0.4, -0.2) is 34.8 Å². The molecule has 3 rings (SSSR count). The van der Waals surface area contributed by atoms with Crippen molar-refractivity contribution in [2.75, 3.05) is 13.1 Å². The first-order valence-electron chi connectivity index (χ1n) is 9.00. The molecule has 2 aromatic rings. The van der Waals surface area contributed by atoms with Crippen molar-refractivity contribution in [2.45, 2.75) is 32.4 Å². The number of carbonyl (C=O) groups excluding carboxylic acids is 1. The monoisotopic (exact) mass is 351 g/mol. The van der Waals surface area contributed by atoms with Crippen LogP contribution in [0.25, 0.3) is 0 Å². The van der Waals surface area contributed by atoms with Gasteiger partial charge in [-0.1, -0.05) is 30.3 Å². The Kier molecular flexibility index (Phi) is 6.19. The Morgan fingerprint density at radius 1 is 1.23 bits per heavy atom. The third kappa shape index (κ3) is 5.31. The molecule has 136 valence electrons. The zero-order valence-corrected chi connectivity index (χ0v) is 14.9. The zero-order chi connectivity index (χ0) is 18.2. The van der Waals surface area contributed by atoms with E-state index >= 15 is 0 Å². The van der Waals surface area contributed by atoms with Crippen LogP contribution >= 0.6 is 0 Å². The van der Waals surface area contributed by atoms with E-state index in [9.17, 15) is 4.79 Å². The Hall–Kier alpha value is -2.89. The maximum atomic E-state index is 11.8. The van der Waals surface area contributed by atoms with Crippen LogP contribution in [-0.2, 0) is 24.3 Å². The highest BCUT2D eigenvalue weighted by Crippen LogP contribution is 2.15. The van der Waals surface area contributed by atoms with E-state index in [2.05, 4.69) is 21.4 Å². The van der Waals surface area contributed by atoms with Crippen LogP contribution in [0.3, 0.4) is 0 Å². The van der Waals surface area contributed by atoms with E-state index in [0.29, 0.717) is 32.0 Å². The normalized spacial score (nSPS) is 14.7. The van der Waals surface area contributed by atoms with Crippen LogP contribution < -0.4 is 11.1 Å². The molecule has 1 amide bonds. The number of aromatic nitrogens is 1. The quantitative estimate of drug-likeness (QED) is 0.589. The van der Waals surface area contributed by atoms with Crippen molar-refractivity contribution >= 4 is 11.9 Å². The molecule has 0 radical (unpaired) electrons. The zero-order valence-electron chi connectivity index (χ0n) is 14.9. The van der Waals surface area contributed by atoms with E-state index in [0.717, 1.165) is 36.2 Å². The van der Waals surface area contributed by atoms with Gasteiger partial charge in [-0.25, -0.2) is 4.99 Å². The van der Waals surface area contributed by atoms with Gasteiger partial charge in [0.15, 0.2) is 5.96 Å². The van der Waals surface area contributed by atoms with Gasteiger partial charge in [0.2, 0.25) is 5.91 Å². The van der Waals surface area contributed by atoms with Crippen LogP contribution in [0, 0.1) is 0 Å². The molecule has 0 saturated carbocycles. The first-order chi connectivity index (χ1) is 12.7. The molecule has 0 unspecified atom stereocenters. The lowest BCUT2D eigenvalue weighted by atomic mass is 10.1. The van der Waals surface area contributed by atoms with Crippen molar-refractivity contribution in [2.24, 2.45) is 10.7 Å². The number of pyridine rings is 1. The number of hydrogen-bond donors (Lipinski definition) is 2. The minimum Gasteiger partial charge on any atom is -0.370 e. The van der Waals surface area contributed by atoms with Gasteiger partial charge in [0, 0.05) is 44.4 Å². The average molecular weight is 351 g/mol. The minimum absolute atomic E-state index is 0.245. The summed E-state index contributed by atoms with van der Waals surface area (Å²) in [4.78, 5) is 22.3. The molecular weight excluding hydrogens is 326 g/mol. The highest BCUT2D eigenvalue weighted by molar-refractivity contribution is 5.78. The van der Waals surface area contributed by atoms with E-state index < -0.39 is 0 Å². The van der Waals surface area contributed by atoms with Gasteiger partial charge < -0.3 is 16.0 Å². The highest BCUT2D eigenvalue weighted by atomic mass is 16.2. The van der Waals surface area contributed by atoms with Crippen molar-refractivity contribution < 1.29 is 4.79 Å². The number of nitrogens with zero attached hydrogens (tertiary/aromatic N) is 3. The van der Waals surface area contributed by atoms with E-state index in [1.807, 2.05) is 41.3 Å². The number of benzene rings is 1. The number of carbonyl (C=O) groups is 1. The van der Waals surface area contributed by atoms with Crippen molar-refractivity contribution in [1.82, 2.24) is 15.2 Å². The van der Waals surface area contributed by atoms with Crippen LogP contribution in [0.15, 0.2) is 53.7 Å². The van der Waals surface area contributed by atoms with Crippen LogP contribution in [0.1, 0.15) is 29.7 Å². The summed E-state index contributed by atoms with van der Waals surface area (Å²) < 4.78 is 0. The number of nitrogens with two attached hydrogens (primary N) is 1. The lowest BCUT2D eigenvalue weighted by molar-refractivity contribution is -0.128. The molecule has 0 bridgehead atoms. The second kappa shape index (κ2) is 8.99. The maximum Gasteiger partial charge on any atom is 0.222 e. The predicted octanol–water partition coefficient (Wildman–Crippen LogP) is 1.85. The van der Waals surface area contributed by atoms with Gasteiger partial charge in [-0.15, -0.1) is 0 Å². The molecule has 1 aliphatic rings. The third-order valence-electron chi connectivity index (χ3n) is 4.38. The van der Waals surface area contributed by atoms with Gasteiger partial charge in [0.05, 0.1) is 6.54 Å². The Balaban J connectivity index is 1.47. The molecule has 1 saturated heterocycles. The van der Waals surface area contributed by atoms with Gasteiger partial charge in [0.25, 0.3) is 0 Å². The molecule has 6 heteroatoms. The molecule has 1 aliphatic heterocycles. The summed E-state index contributed by atoms with van der Waals surface area (Å²) >= 11 is 0. The fourth-order valence-electron chi connectivity index (χ4n) is 3.01. The standard InChI is InChI=1S/C20H25N5O/c21-20(23-11-9-18-7-1-2-10-22-18)24-14-16-5-3-6-17(13-16)15-25-12-4-8-19(25)26/h1-3,5-7,10,13H,4,8-9,11-12,14-15H2,(H3,21,23,24). The number of amides is 1. The lowest BCUT2D eigenvalue weighted by Gasteiger charge is -2.15. The first-order valence-corrected chi connectivity index (χ1v) is 9.00. The number of nitrogens with one attached hydrogen (secondary N) is 1. The van der Waals surface area contributed by atoms with Gasteiger partial charge in [-0.05, 0) is 29.7 Å². The summed E-state index contributed by atoms with van der Waals surface area (Å²) in [6.45, 7) is 2.75. The highest BCUT2D eigenvalue weighted by Gasteiger charge is 2.19. The molecule has 3 N–H and O–H groups in total. The topological polar surface area (TPSA) is 83.6 Å². The Labute approximate surface area is 154 Å². The summed E-state index contributed by atoms with van der Waals surface area (Å²) in [6, 6.07) is 14.0. The second-order valence-corrected chi connectivity index (χ2v) is 6.44. The summed E-state index contributed by atoms with van der Waals surface area (Å²) in [7, 11) is 0. The van der Waals surface area contributed by atoms with E-state index in [1.165, 1.54) is 0 Å². The number of guanidine groups is 1. The molecule has 0 atom stereocenters. The second-order valence-electron chi connectivity index (χ2n) is 6.44. The van der Waals surface area contributed by atoms with Gasteiger partial charge in [-0.2, -0.15) is 0 Å². The Morgan fingerprint density at radius 2 is 2.12 bits per heavy atom. The first kappa shape index (κ1) is 17.9. The summed E-state index contributed by atoms with van der Waals surface area (Å²) in [5.74, 6) is 0.677. The van der Waals surface area contributed by atoms with Crippen molar-refractivity contribution in [3.8, 4) is 0 Å². The summed E-state index contributed by atoms with van der Waals surface area (Å²) in [5, 5.41) is 3.12. The van der Waals surface area contributed by atoms with Crippen LogP contribution in [0.4, 0.5) is 0 Å². The molecule has 0 spiro atoms. The fraction of sp³-hybridized carbons (Fsp3) is 0.350. The van der Waals surface area contributed by atoms with Crippen molar-refractivity contribution in [3.05, 3.63) is 65.5 Å². The van der Waals surface area contributed by atoms with Gasteiger partial charge in [0.1, 0.15) is 0 Å². The van der Waals surface area contributed by atoms with Crippen molar-refractivity contribution in [3.63, 3.8) is 0 Å². The molecule has 2 heterocycles. The number of likely N-dealkylation sites (tertiary alicyclic amines) is 1. The van der Waals surface area contributed by atoms with E-state index in [-0.39, 0.29) is 5.91 Å². The van der Waals surface area contributed by atoms with Gasteiger partial charge in [-0.3, -0.25) is 9.78 Å². The fourth-order valence-corrected chi connectivity index (χ4v) is 3.01. The summed E-state index contributed by atoms with van der Waals surface area (Å²) in [5.41, 5.74) is 9.19. The number of aliphatic imine (C=N–C) groups is 1.